The molecule has 36 heavy (non-hydrogen) atoms. The molecule has 0 N–H and O–H groups in total. The fourth-order valence-corrected chi connectivity index (χ4v) is 5.54. The highest BCUT2D eigenvalue weighted by Gasteiger charge is 2.18. The number of fused-ring (bicyclic) bond motifs is 2. The van der Waals surface area contributed by atoms with E-state index in [2.05, 4.69) is 20.4 Å². The van der Waals surface area contributed by atoms with E-state index in [-0.39, 0.29) is 0 Å². The molecule has 0 radical (unpaired) electrons. The van der Waals surface area contributed by atoms with Crippen LogP contribution >= 0.6 is 45.9 Å². The first-order valence-electron chi connectivity index (χ1n) is 10.6. The maximum absolute atomic E-state index is 6.02. The summed E-state index contributed by atoms with van der Waals surface area (Å²) in [5.74, 6) is 1.28. The summed E-state index contributed by atoms with van der Waals surface area (Å²) >= 11 is 14.9. The molecule has 2 aromatic carbocycles. The third kappa shape index (κ3) is 3.64. The Morgan fingerprint density at radius 2 is 1.00 bits per heavy atom. The summed E-state index contributed by atoms with van der Waals surface area (Å²) < 4.78 is 3.44. The van der Waals surface area contributed by atoms with Crippen molar-refractivity contribution < 1.29 is 0 Å². The summed E-state index contributed by atoms with van der Waals surface area (Å²) in [6.45, 7) is 0. The van der Waals surface area contributed by atoms with Gasteiger partial charge in [0.05, 0.1) is 0 Å². The molecule has 5 aromatic heterocycles. The highest BCUT2D eigenvalue weighted by atomic mass is 35.5. The molecule has 0 unspecified atom stereocenters. The number of aromatic nitrogens is 9. The van der Waals surface area contributed by atoms with Gasteiger partial charge in [-0.15, -0.1) is 20.4 Å². The van der Waals surface area contributed by atoms with Gasteiger partial charge in [0.1, 0.15) is 11.4 Å². The van der Waals surface area contributed by atoms with Crippen LogP contribution in [0.3, 0.4) is 0 Å². The predicted octanol–water partition coefficient (Wildman–Crippen LogP) is 6.05. The van der Waals surface area contributed by atoms with Gasteiger partial charge in [0.2, 0.25) is 9.92 Å². The number of benzene rings is 2. The summed E-state index contributed by atoms with van der Waals surface area (Å²) in [6, 6.07) is 20.6. The first-order chi connectivity index (χ1) is 17.6. The van der Waals surface area contributed by atoms with Gasteiger partial charge in [-0.2, -0.15) is 19.2 Å². The van der Waals surface area contributed by atoms with E-state index in [0.717, 1.165) is 21.1 Å². The average molecular weight is 548 g/mol. The van der Waals surface area contributed by atoms with Crippen LogP contribution in [0.2, 0.25) is 10.0 Å². The Labute approximate surface area is 220 Å². The number of nitrogens with zero attached hydrogens (tertiary/aromatic N) is 9. The van der Waals surface area contributed by atoms with E-state index in [1.54, 1.807) is 9.03 Å². The second-order valence-electron chi connectivity index (χ2n) is 7.67. The second kappa shape index (κ2) is 8.42. The molecule has 0 bridgehead atoms. The van der Waals surface area contributed by atoms with Gasteiger partial charge in [-0.1, -0.05) is 51.9 Å². The van der Waals surface area contributed by atoms with Gasteiger partial charge in [0, 0.05) is 21.2 Å². The Kier molecular flexibility index (Phi) is 5.03. The summed E-state index contributed by atoms with van der Waals surface area (Å²) in [5.41, 5.74) is 3.19. The minimum Gasteiger partial charge on any atom is -0.243 e. The SMILES string of the molecule is Clc1ccc(-c2nnc3sc(-c4cccc(-c5nn6c(-c7ccc(Cl)cc7)nnc6s5)n4)nn23)cc1. The fourth-order valence-electron chi connectivity index (χ4n) is 3.67. The molecule has 7 aromatic rings. The fraction of sp³-hybridized carbons (Fsp3) is 0. The van der Waals surface area contributed by atoms with E-state index >= 15 is 0 Å². The number of rotatable bonds is 4. The molecule has 0 atom stereocenters. The lowest BCUT2D eigenvalue weighted by atomic mass is 10.2. The maximum Gasteiger partial charge on any atom is 0.235 e. The van der Waals surface area contributed by atoms with E-state index in [4.69, 9.17) is 38.4 Å². The molecule has 0 aliphatic carbocycles. The average Bonchev–Trinajstić information content (AvgIpc) is 3.66. The van der Waals surface area contributed by atoms with Crippen LogP contribution in [-0.4, -0.2) is 44.6 Å². The first-order valence-corrected chi connectivity index (χ1v) is 13.0. The van der Waals surface area contributed by atoms with Gasteiger partial charge in [-0.05, 0) is 60.7 Å². The molecular weight excluding hydrogens is 537 g/mol. The topological polar surface area (TPSA) is 99.0 Å². The number of hydrogen-bond donors (Lipinski definition) is 0. The molecule has 13 heteroatoms. The van der Waals surface area contributed by atoms with Crippen molar-refractivity contribution in [3.05, 3.63) is 76.8 Å². The summed E-state index contributed by atoms with van der Waals surface area (Å²) in [6.07, 6.45) is 0. The highest BCUT2D eigenvalue weighted by Crippen LogP contribution is 2.31. The molecule has 5 heterocycles. The number of halogens is 2. The van der Waals surface area contributed by atoms with Crippen LogP contribution in [0.1, 0.15) is 0 Å². The van der Waals surface area contributed by atoms with Crippen molar-refractivity contribution in [3.8, 4) is 44.2 Å². The van der Waals surface area contributed by atoms with Crippen molar-refractivity contribution in [3.63, 3.8) is 0 Å². The lowest BCUT2D eigenvalue weighted by Crippen LogP contribution is -1.93. The largest absolute Gasteiger partial charge is 0.243 e. The van der Waals surface area contributed by atoms with Crippen molar-refractivity contribution in [2.24, 2.45) is 0 Å². The van der Waals surface area contributed by atoms with E-state index in [1.807, 2.05) is 66.7 Å². The molecule has 9 nitrogen and oxygen atoms in total. The maximum atomic E-state index is 6.02. The van der Waals surface area contributed by atoms with Crippen LogP contribution < -0.4 is 0 Å². The molecule has 0 aliphatic heterocycles. The van der Waals surface area contributed by atoms with Crippen LogP contribution in [-0.2, 0) is 0 Å². The van der Waals surface area contributed by atoms with Crippen molar-refractivity contribution in [1.29, 1.82) is 0 Å². The molecule has 0 aliphatic rings. The van der Waals surface area contributed by atoms with Crippen molar-refractivity contribution in [2.45, 2.75) is 0 Å². The van der Waals surface area contributed by atoms with E-state index in [1.165, 1.54) is 22.7 Å². The third-order valence-electron chi connectivity index (χ3n) is 5.37. The van der Waals surface area contributed by atoms with Gasteiger partial charge < -0.3 is 0 Å². The van der Waals surface area contributed by atoms with Gasteiger partial charge in [-0.25, -0.2) is 4.98 Å². The van der Waals surface area contributed by atoms with Crippen LogP contribution in [0.4, 0.5) is 0 Å². The summed E-state index contributed by atoms with van der Waals surface area (Å²) in [4.78, 5) is 6.18. The summed E-state index contributed by atoms with van der Waals surface area (Å²) in [7, 11) is 0. The smallest absolute Gasteiger partial charge is 0.235 e. The van der Waals surface area contributed by atoms with Gasteiger partial charge in [-0.3, -0.25) is 0 Å². The van der Waals surface area contributed by atoms with E-state index < -0.39 is 0 Å². The minimum atomic E-state index is 0.642. The van der Waals surface area contributed by atoms with E-state index in [9.17, 15) is 0 Å². The standard InChI is InChI=1S/C23H11Cl2N9S2/c24-14-8-4-12(5-9-14)18-27-29-22-33(18)31-20(35-22)16-2-1-3-17(26-16)21-32-34-19(28-30-23(34)36-21)13-6-10-15(25)11-7-13/h1-11H. The Balaban J connectivity index is 1.26. The van der Waals surface area contributed by atoms with Crippen LogP contribution in [0.5, 0.6) is 0 Å². The normalized spacial score (nSPS) is 11.6. The zero-order chi connectivity index (χ0) is 24.2. The van der Waals surface area contributed by atoms with Gasteiger partial charge >= 0.3 is 0 Å². The first kappa shape index (κ1) is 21.5. The molecular formula is C23H11Cl2N9S2. The third-order valence-corrected chi connectivity index (χ3v) is 7.72. The zero-order valence-corrected chi connectivity index (χ0v) is 21.1. The minimum absolute atomic E-state index is 0.642. The van der Waals surface area contributed by atoms with Crippen LogP contribution in [0, 0.1) is 0 Å². The van der Waals surface area contributed by atoms with Gasteiger partial charge in [0.25, 0.3) is 0 Å². The monoisotopic (exact) mass is 547 g/mol. The predicted molar refractivity (Wildman–Crippen MR) is 140 cm³/mol. The lowest BCUT2D eigenvalue weighted by molar-refractivity contribution is 0.962. The van der Waals surface area contributed by atoms with Gasteiger partial charge in [0.15, 0.2) is 21.7 Å². The number of hydrogen-bond acceptors (Lipinski definition) is 9. The number of pyridine rings is 1. The van der Waals surface area contributed by atoms with Crippen molar-refractivity contribution in [1.82, 2.24) is 44.6 Å². The van der Waals surface area contributed by atoms with Crippen LogP contribution in [0.15, 0.2) is 66.7 Å². The molecule has 0 amide bonds. The van der Waals surface area contributed by atoms with Crippen LogP contribution in [0.25, 0.3) is 54.1 Å². The Morgan fingerprint density at radius 3 is 1.44 bits per heavy atom. The summed E-state index contributed by atoms with van der Waals surface area (Å²) in [5, 5.41) is 29.3. The highest BCUT2D eigenvalue weighted by molar-refractivity contribution is 7.20. The lowest BCUT2D eigenvalue weighted by Gasteiger charge is -2.00. The van der Waals surface area contributed by atoms with Crippen molar-refractivity contribution >= 4 is 55.8 Å². The Morgan fingerprint density at radius 1 is 0.556 bits per heavy atom. The zero-order valence-electron chi connectivity index (χ0n) is 17.9. The van der Waals surface area contributed by atoms with E-state index in [0.29, 0.717) is 43.0 Å². The molecule has 0 spiro atoms. The Hall–Kier alpha value is -3.77. The molecule has 174 valence electrons. The quantitative estimate of drug-likeness (QED) is 0.264. The molecule has 7 rings (SSSR count). The molecule has 0 saturated heterocycles. The molecule has 0 fully saturated rings. The Bertz CT molecular complexity index is 1730. The van der Waals surface area contributed by atoms with Crippen molar-refractivity contribution in [2.75, 3.05) is 0 Å². The molecule has 0 saturated carbocycles. The second-order valence-corrected chi connectivity index (χ2v) is 10.5.